The van der Waals surface area contributed by atoms with Crippen LogP contribution >= 0.6 is 0 Å². The van der Waals surface area contributed by atoms with Crippen LogP contribution in [0.1, 0.15) is 59.3 Å². The molecule has 2 nitrogen and oxygen atoms in total. The highest BCUT2D eigenvalue weighted by atomic mass is 15.1. The van der Waals surface area contributed by atoms with E-state index < -0.39 is 0 Å². The van der Waals surface area contributed by atoms with Crippen LogP contribution in [0.2, 0.25) is 0 Å². The molecule has 0 aromatic rings. The van der Waals surface area contributed by atoms with Gasteiger partial charge in [0.15, 0.2) is 0 Å². The van der Waals surface area contributed by atoms with Crippen LogP contribution in [0.4, 0.5) is 0 Å². The van der Waals surface area contributed by atoms with E-state index in [1.165, 1.54) is 64.7 Å². The molecule has 2 unspecified atom stereocenters. The van der Waals surface area contributed by atoms with Gasteiger partial charge >= 0.3 is 0 Å². The Morgan fingerprint density at radius 1 is 1.00 bits per heavy atom. The summed E-state index contributed by atoms with van der Waals surface area (Å²) >= 11 is 0. The van der Waals surface area contributed by atoms with Gasteiger partial charge in [-0.05, 0) is 57.7 Å². The highest BCUT2D eigenvalue weighted by molar-refractivity contribution is 4.85. The van der Waals surface area contributed by atoms with Crippen LogP contribution in [0.3, 0.4) is 0 Å². The van der Waals surface area contributed by atoms with Gasteiger partial charge in [-0.15, -0.1) is 0 Å². The van der Waals surface area contributed by atoms with Crippen molar-refractivity contribution in [2.75, 3.05) is 26.2 Å². The molecule has 0 saturated heterocycles. The lowest BCUT2D eigenvalue weighted by atomic mass is 10.0. The van der Waals surface area contributed by atoms with Gasteiger partial charge in [-0.2, -0.15) is 0 Å². The topological polar surface area (TPSA) is 15.3 Å². The number of nitrogens with zero attached hydrogens (tertiary/aromatic N) is 1. The predicted octanol–water partition coefficient (Wildman–Crippen LogP) is 3.28. The van der Waals surface area contributed by atoms with Crippen molar-refractivity contribution in [1.29, 1.82) is 0 Å². The van der Waals surface area contributed by atoms with Gasteiger partial charge in [-0.3, -0.25) is 0 Å². The van der Waals surface area contributed by atoms with Crippen molar-refractivity contribution in [2.24, 2.45) is 5.92 Å². The molecule has 102 valence electrons. The molecule has 0 spiro atoms. The van der Waals surface area contributed by atoms with Crippen LogP contribution in [0.25, 0.3) is 0 Å². The van der Waals surface area contributed by atoms with Gasteiger partial charge in [-0.25, -0.2) is 0 Å². The predicted molar refractivity (Wildman–Crippen MR) is 76.4 cm³/mol. The summed E-state index contributed by atoms with van der Waals surface area (Å²) < 4.78 is 0. The van der Waals surface area contributed by atoms with Crippen molar-refractivity contribution in [2.45, 2.75) is 65.3 Å². The number of rotatable bonds is 9. The van der Waals surface area contributed by atoms with Crippen molar-refractivity contribution in [3.8, 4) is 0 Å². The molecule has 0 heterocycles. The fourth-order valence-corrected chi connectivity index (χ4v) is 3.11. The summed E-state index contributed by atoms with van der Waals surface area (Å²) in [5.41, 5.74) is 0. The Labute approximate surface area is 108 Å². The third kappa shape index (κ3) is 5.39. The zero-order valence-corrected chi connectivity index (χ0v) is 12.2. The second-order valence-corrected chi connectivity index (χ2v) is 5.55. The minimum Gasteiger partial charge on any atom is -0.314 e. The maximum absolute atomic E-state index is 3.74. The lowest BCUT2D eigenvalue weighted by Crippen LogP contribution is -2.40. The Morgan fingerprint density at radius 3 is 2.29 bits per heavy atom. The maximum Gasteiger partial charge on any atom is 0.0107 e. The third-order valence-electron chi connectivity index (χ3n) is 3.89. The summed E-state index contributed by atoms with van der Waals surface area (Å²) in [5, 5.41) is 3.74. The summed E-state index contributed by atoms with van der Waals surface area (Å²) in [6.07, 6.45) is 8.11. The smallest absolute Gasteiger partial charge is 0.0107 e. The highest BCUT2D eigenvalue weighted by Gasteiger charge is 2.27. The summed E-state index contributed by atoms with van der Waals surface area (Å²) in [7, 11) is 0. The molecule has 17 heavy (non-hydrogen) atoms. The Balaban J connectivity index is 2.35. The summed E-state index contributed by atoms with van der Waals surface area (Å²) in [5.74, 6) is 0.902. The molecule has 0 aromatic heterocycles. The summed E-state index contributed by atoms with van der Waals surface area (Å²) in [4.78, 5) is 2.68. The van der Waals surface area contributed by atoms with Crippen molar-refractivity contribution in [3.05, 3.63) is 0 Å². The monoisotopic (exact) mass is 240 g/mol. The van der Waals surface area contributed by atoms with E-state index in [4.69, 9.17) is 0 Å². The minimum atomic E-state index is 0.797. The Hall–Kier alpha value is -0.0800. The van der Waals surface area contributed by atoms with Crippen molar-refractivity contribution >= 4 is 0 Å². The number of nitrogens with one attached hydrogen (secondary N) is 1. The van der Waals surface area contributed by atoms with E-state index in [-0.39, 0.29) is 0 Å². The van der Waals surface area contributed by atoms with E-state index in [9.17, 15) is 0 Å². The number of hydrogen-bond acceptors (Lipinski definition) is 2. The molecule has 1 aliphatic carbocycles. The fourth-order valence-electron chi connectivity index (χ4n) is 3.11. The van der Waals surface area contributed by atoms with E-state index in [0.717, 1.165) is 12.0 Å². The van der Waals surface area contributed by atoms with Crippen LogP contribution in [0.5, 0.6) is 0 Å². The second-order valence-electron chi connectivity index (χ2n) is 5.55. The maximum atomic E-state index is 3.74. The lowest BCUT2D eigenvalue weighted by molar-refractivity contribution is 0.213. The van der Waals surface area contributed by atoms with E-state index in [1.807, 2.05) is 0 Å². The first kappa shape index (κ1) is 15.0. The molecule has 1 saturated carbocycles. The molecule has 0 radical (unpaired) electrons. The molecular weight excluding hydrogens is 208 g/mol. The van der Waals surface area contributed by atoms with Crippen molar-refractivity contribution < 1.29 is 0 Å². The molecule has 1 fully saturated rings. The minimum absolute atomic E-state index is 0.797. The lowest BCUT2D eigenvalue weighted by Gasteiger charge is -2.28. The van der Waals surface area contributed by atoms with E-state index >= 15 is 0 Å². The molecule has 1 rings (SSSR count). The van der Waals surface area contributed by atoms with Gasteiger partial charge in [0, 0.05) is 12.6 Å². The van der Waals surface area contributed by atoms with Crippen LogP contribution in [0, 0.1) is 5.92 Å². The van der Waals surface area contributed by atoms with Gasteiger partial charge in [-0.1, -0.05) is 27.2 Å². The first-order valence-electron chi connectivity index (χ1n) is 7.77. The molecule has 2 atom stereocenters. The molecular formula is C15H32N2. The van der Waals surface area contributed by atoms with E-state index in [2.05, 4.69) is 31.0 Å². The second kappa shape index (κ2) is 8.93. The number of hydrogen-bond donors (Lipinski definition) is 1. The standard InChI is InChI=1S/C15H32N2/c1-4-10-16-15-9-7-8-14(15)13-17(11-5-2)12-6-3/h14-16H,4-13H2,1-3H3. The largest absolute Gasteiger partial charge is 0.314 e. The van der Waals surface area contributed by atoms with Crippen molar-refractivity contribution in [1.82, 2.24) is 10.2 Å². The van der Waals surface area contributed by atoms with Crippen LogP contribution in [-0.4, -0.2) is 37.1 Å². The molecule has 2 heteroatoms. The normalized spacial score (nSPS) is 24.7. The molecule has 1 aliphatic rings. The summed E-state index contributed by atoms with van der Waals surface area (Å²) in [6.45, 7) is 11.9. The van der Waals surface area contributed by atoms with Gasteiger partial charge < -0.3 is 10.2 Å². The Morgan fingerprint density at radius 2 is 1.71 bits per heavy atom. The van der Waals surface area contributed by atoms with Crippen LogP contribution in [0.15, 0.2) is 0 Å². The summed E-state index contributed by atoms with van der Waals surface area (Å²) in [6, 6.07) is 0.797. The fraction of sp³-hybridized carbons (Fsp3) is 1.00. The average molecular weight is 240 g/mol. The van der Waals surface area contributed by atoms with Crippen molar-refractivity contribution in [3.63, 3.8) is 0 Å². The molecule has 0 aliphatic heterocycles. The van der Waals surface area contributed by atoms with Crippen LogP contribution in [-0.2, 0) is 0 Å². The van der Waals surface area contributed by atoms with Gasteiger partial charge in [0.25, 0.3) is 0 Å². The van der Waals surface area contributed by atoms with E-state index in [0.29, 0.717) is 0 Å². The first-order chi connectivity index (χ1) is 8.31. The quantitative estimate of drug-likeness (QED) is 0.665. The average Bonchev–Trinajstić information content (AvgIpc) is 2.74. The third-order valence-corrected chi connectivity index (χ3v) is 3.89. The molecule has 0 aromatic carbocycles. The zero-order chi connectivity index (χ0) is 12.5. The highest BCUT2D eigenvalue weighted by Crippen LogP contribution is 2.26. The Kier molecular flexibility index (Phi) is 7.87. The van der Waals surface area contributed by atoms with Crippen LogP contribution < -0.4 is 5.32 Å². The zero-order valence-electron chi connectivity index (χ0n) is 12.2. The van der Waals surface area contributed by atoms with E-state index in [1.54, 1.807) is 0 Å². The van der Waals surface area contributed by atoms with Gasteiger partial charge in [0.05, 0.1) is 0 Å². The van der Waals surface area contributed by atoms with Gasteiger partial charge in [0.2, 0.25) is 0 Å². The van der Waals surface area contributed by atoms with Gasteiger partial charge in [0.1, 0.15) is 0 Å². The molecule has 0 amide bonds. The Bertz CT molecular complexity index is 176. The molecule has 1 N–H and O–H groups in total. The molecule has 0 bridgehead atoms. The SMILES string of the molecule is CCCNC1CCCC1CN(CCC)CCC. The first-order valence-corrected chi connectivity index (χ1v) is 7.77.